The molecule has 2 N–H and O–H groups in total. The highest BCUT2D eigenvalue weighted by Crippen LogP contribution is 2.61. The topological polar surface area (TPSA) is 61.4 Å². The average molecular weight is 510 g/mol. The number of benzene rings is 2. The van der Waals surface area contributed by atoms with Crippen molar-refractivity contribution < 1.29 is 22.8 Å². The number of hydrogen-bond donors (Lipinski definition) is 2. The van der Waals surface area contributed by atoms with Crippen molar-refractivity contribution >= 4 is 40.7 Å². The maximum absolute atomic E-state index is 15.5. The smallest absolute Gasteiger partial charge is 0.250 e. The molecular formula is C24H20Cl2F3N3O2. The third-order valence-corrected chi connectivity index (χ3v) is 8.32. The highest BCUT2D eigenvalue weighted by molar-refractivity contribution is 6.31. The second-order valence-electron chi connectivity index (χ2n) is 9.65. The first kappa shape index (κ1) is 22.2. The van der Waals surface area contributed by atoms with Gasteiger partial charge in [-0.05, 0) is 29.7 Å². The quantitative estimate of drug-likeness (QED) is 0.638. The summed E-state index contributed by atoms with van der Waals surface area (Å²) in [4.78, 5) is 28.8. The predicted molar refractivity (Wildman–Crippen MR) is 121 cm³/mol. The summed E-state index contributed by atoms with van der Waals surface area (Å²) in [7, 11) is 0. The minimum Gasteiger partial charge on any atom is -0.354 e. The Bertz CT molecular complexity index is 1230. The lowest BCUT2D eigenvalue weighted by atomic mass is 9.71. The van der Waals surface area contributed by atoms with Crippen LogP contribution < -0.4 is 10.6 Å². The van der Waals surface area contributed by atoms with Gasteiger partial charge in [0, 0.05) is 54.2 Å². The van der Waals surface area contributed by atoms with Crippen molar-refractivity contribution in [2.75, 3.05) is 18.4 Å². The number of carbonyl (C=O) groups is 2. The van der Waals surface area contributed by atoms with Gasteiger partial charge in [0.25, 0.3) is 0 Å². The van der Waals surface area contributed by atoms with E-state index in [1.807, 2.05) is 4.90 Å². The summed E-state index contributed by atoms with van der Waals surface area (Å²) in [6, 6.07) is 9.00. The van der Waals surface area contributed by atoms with E-state index in [4.69, 9.17) is 23.2 Å². The number of alkyl halides is 2. The molecule has 3 fully saturated rings. The van der Waals surface area contributed by atoms with Gasteiger partial charge in [0.1, 0.15) is 11.4 Å². The molecule has 5 nitrogen and oxygen atoms in total. The Hall–Kier alpha value is -2.29. The molecule has 6 rings (SSSR count). The Kier molecular flexibility index (Phi) is 4.80. The zero-order valence-corrected chi connectivity index (χ0v) is 19.3. The predicted octanol–water partition coefficient (Wildman–Crippen LogP) is 4.54. The number of fused-ring (bicyclic) bond motifs is 3. The molecule has 178 valence electrons. The van der Waals surface area contributed by atoms with Crippen molar-refractivity contribution in [3.63, 3.8) is 0 Å². The van der Waals surface area contributed by atoms with E-state index in [0.29, 0.717) is 16.3 Å². The Morgan fingerprint density at radius 1 is 1.12 bits per heavy atom. The molecule has 4 atom stereocenters. The number of rotatable bonds is 3. The summed E-state index contributed by atoms with van der Waals surface area (Å²) >= 11 is 12.3. The number of hydrogen-bond acceptors (Lipinski definition) is 3. The summed E-state index contributed by atoms with van der Waals surface area (Å²) in [6.07, 6.45) is -0.576. The van der Waals surface area contributed by atoms with Crippen LogP contribution in [0, 0.1) is 17.7 Å². The van der Waals surface area contributed by atoms with Gasteiger partial charge in [-0.25, -0.2) is 13.2 Å². The van der Waals surface area contributed by atoms with Gasteiger partial charge in [-0.15, -0.1) is 0 Å². The molecule has 1 saturated carbocycles. The van der Waals surface area contributed by atoms with Crippen LogP contribution in [0.4, 0.5) is 18.9 Å². The summed E-state index contributed by atoms with van der Waals surface area (Å²) in [5, 5.41) is 5.98. The maximum atomic E-state index is 15.5. The number of likely N-dealkylation sites (tertiary alicyclic amines) is 1. The second kappa shape index (κ2) is 7.35. The van der Waals surface area contributed by atoms with E-state index >= 15 is 4.39 Å². The minimum absolute atomic E-state index is 0.116. The third kappa shape index (κ3) is 2.91. The van der Waals surface area contributed by atoms with E-state index in [0.717, 1.165) is 0 Å². The first-order valence-corrected chi connectivity index (χ1v) is 11.9. The van der Waals surface area contributed by atoms with Crippen molar-refractivity contribution in [1.82, 2.24) is 10.2 Å². The molecule has 3 aliphatic heterocycles. The van der Waals surface area contributed by atoms with E-state index < -0.39 is 41.1 Å². The van der Waals surface area contributed by atoms with Gasteiger partial charge >= 0.3 is 0 Å². The van der Waals surface area contributed by atoms with Crippen LogP contribution in [0.5, 0.6) is 0 Å². The number of nitrogens with one attached hydrogen (secondary N) is 2. The maximum Gasteiger partial charge on any atom is 0.250 e. The van der Waals surface area contributed by atoms with E-state index in [-0.39, 0.29) is 48.3 Å². The molecule has 4 aliphatic rings. The fraction of sp³-hybridized carbons (Fsp3) is 0.417. The summed E-state index contributed by atoms with van der Waals surface area (Å²) in [6.45, 7) is 0.420. The van der Waals surface area contributed by atoms with Crippen molar-refractivity contribution in [2.45, 2.75) is 36.3 Å². The zero-order chi connectivity index (χ0) is 24.0. The van der Waals surface area contributed by atoms with Gasteiger partial charge in [0.2, 0.25) is 17.7 Å². The van der Waals surface area contributed by atoms with Gasteiger partial charge in [-0.3, -0.25) is 14.5 Å². The van der Waals surface area contributed by atoms with Gasteiger partial charge < -0.3 is 10.6 Å². The van der Waals surface area contributed by atoms with Crippen LogP contribution in [0.1, 0.15) is 29.9 Å². The minimum atomic E-state index is -2.73. The molecule has 0 radical (unpaired) electrons. The zero-order valence-electron chi connectivity index (χ0n) is 17.8. The van der Waals surface area contributed by atoms with Crippen LogP contribution in [0.3, 0.4) is 0 Å². The Morgan fingerprint density at radius 2 is 1.88 bits per heavy atom. The standard InChI is InChI=1S/C24H20Cl2F3N3O2/c25-12-4-5-14-16(6-12)31-22(34)24(14)19(13-2-1-3-15(26)20(13)27)18-17(9-30-21(18)33)32(24)10-11-7-23(28,29)8-11/h1-6,11,17-19H,7-10H2,(H,30,33)(H,31,34)/t17-,18+,19-,24+/m0/s1. The molecule has 2 amide bonds. The van der Waals surface area contributed by atoms with E-state index in [9.17, 15) is 18.4 Å². The lowest BCUT2D eigenvalue weighted by Gasteiger charge is -2.45. The van der Waals surface area contributed by atoms with E-state index in [1.54, 1.807) is 30.3 Å². The van der Waals surface area contributed by atoms with Crippen LogP contribution in [-0.2, 0) is 15.1 Å². The van der Waals surface area contributed by atoms with Gasteiger partial charge in [0.15, 0.2) is 0 Å². The number of carbonyl (C=O) groups excluding carboxylic acids is 2. The Morgan fingerprint density at radius 3 is 2.62 bits per heavy atom. The van der Waals surface area contributed by atoms with Crippen LogP contribution in [0.25, 0.3) is 0 Å². The first-order chi connectivity index (χ1) is 16.1. The molecule has 10 heteroatoms. The first-order valence-electron chi connectivity index (χ1n) is 11.1. The Labute approximate surface area is 203 Å². The second-order valence-corrected chi connectivity index (χ2v) is 10.5. The fourth-order valence-electron chi connectivity index (χ4n) is 6.54. The highest BCUT2D eigenvalue weighted by Gasteiger charge is 2.70. The van der Waals surface area contributed by atoms with Crippen LogP contribution in [-0.4, -0.2) is 41.8 Å². The lowest BCUT2D eigenvalue weighted by Crippen LogP contribution is -2.56. The lowest BCUT2D eigenvalue weighted by molar-refractivity contribution is -0.136. The molecule has 0 unspecified atom stereocenters. The molecular weight excluding hydrogens is 490 g/mol. The third-order valence-electron chi connectivity index (χ3n) is 7.80. The van der Waals surface area contributed by atoms with Gasteiger partial charge in [-0.1, -0.05) is 41.4 Å². The molecule has 2 aromatic carbocycles. The number of amides is 2. The molecule has 2 saturated heterocycles. The van der Waals surface area contributed by atoms with Gasteiger partial charge in [-0.2, -0.15) is 0 Å². The number of halogens is 5. The van der Waals surface area contributed by atoms with Crippen molar-refractivity contribution in [2.24, 2.45) is 11.8 Å². The number of anilines is 1. The summed E-state index contributed by atoms with van der Waals surface area (Å²) < 4.78 is 42.9. The van der Waals surface area contributed by atoms with Crippen LogP contribution in [0.2, 0.25) is 10.0 Å². The fourth-order valence-corrected chi connectivity index (χ4v) is 6.89. The van der Waals surface area contributed by atoms with Crippen molar-refractivity contribution in [3.8, 4) is 0 Å². The molecule has 34 heavy (non-hydrogen) atoms. The summed E-state index contributed by atoms with van der Waals surface area (Å²) in [5.41, 5.74) is -0.295. The molecule has 0 bridgehead atoms. The number of nitrogens with zero attached hydrogens (tertiary/aromatic N) is 1. The molecule has 3 heterocycles. The summed E-state index contributed by atoms with van der Waals surface area (Å²) in [5.74, 6) is -6.19. The molecule has 0 aromatic heterocycles. The normalized spacial score (nSPS) is 31.9. The molecule has 1 aliphatic carbocycles. The van der Waals surface area contributed by atoms with Crippen molar-refractivity contribution in [3.05, 3.63) is 63.4 Å². The molecule has 1 spiro atoms. The van der Waals surface area contributed by atoms with Crippen LogP contribution in [0.15, 0.2) is 36.4 Å². The van der Waals surface area contributed by atoms with Crippen molar-refractivity contribution in [1.29, 1.82) is 0 Å². The SMILES string of the molecule is O=C1NC[C@H]2[C@@H]1[C@H](c1cccc(Cl)c1F)[C@]1(C(=O)Nc3cc(Cl)ccc31)N2CC1CC(F)(F)C1. The van der Waals surface area contributed by atoms with Gasteiger partial charge in [0.05, 0.1) is 10.9 Å². The molecule has 2 aromatic rings. The monoisotopic (exact) mass is 509 g/mol. The van der Waals surface area contributed by atoms with E-state index in [1.165, 1.54) is 6.07 Å². The Balaban J connectivity index is 1.58. The van der Waals surface area contributed by atoms with Crippen LogP contribution >= 0.6 is 23.2 Å². The highest BCUT2D eigenvalue weighted by atomic mass is 35.5. The average Bonchev–Trinajstić information content (AvgIpc) is 3.35. The van der Waals surface area contributed by atoms with E-state index in [2.05, 4.69) is 10.6 Å². The largest absolute Gasteiger partial charge is 0.354 e.